The van der Waals surface area contributed by atoms with Crippen LogP contribution in [0.1, 0.15) is 16.7 Å². The molecule has 2 aromatic heterocycles. The van der Waals surface area contributed by atoms with Crippen molar-refractivity contribution in [1.82, 2.24) is 4.98 Å². The molecule has 0 spiro atoms. The molecular formula is C14H11NOS. The zero-order chi connectivity index (χ0) is 11.7. The Kier molecular flexibility index (Phi) is 2.63. The maximum atomic E-state index is 10.3. The summed E-state index contributed by atoms with van der Waals surface area (Å²) in [6, 6.07) is 13.8. The first-order chi connectivity index (χ1) is 8.36. The molecule has 1 atom stereocenters. The van der Waals surface area contributed by atoms with E-state index in [0.29, 0.717) is 0 Å². The monoisotopic (exact) mass is 241 g/mol. The summed E-state index contributed by atoms with van der Waals surface area (Å²) in [5, 5.41) is 14.4. The molecule has 0 saturated carbocycles. The fraction of sp³-hybridized carbons (Fsp3) is 0.0714. The number of hydrogen-bond acceptors (Lipinski definition) is 3. The number of aromatic nitrogens is 1. The van der Waals surface area contributed by atoms with E-state index in [1.807, 2.05) is 47.8 Å². The maximum absolute atomic E-state index is 10.3. The highest BCUT2D eigenvalue weighted by atomic mass is 32.1. The summed E-state index contributed by atoms with van der Waals surface area (Å²) in [4.78, 5) is 5.24. The Morgan fingerprint density at radius 1 is 1.06 bits per heavy atom. The minimum atomic E-state index is -0.638. The van der Waals surface area contributed by atoms with Crippen molar-refractivity contribution in [2.45, 2.75) is 6.10 Å². The molecule has 17 heavy (non-hydrogen) atoms. The summed E-state index contributed by atoms with van der Waals surface area (Å²) < 4.78 is 0. The standard InChI is InChI=1S/C14H11NOS/c16-14(12-6-3-9-17-12)13-11-5-2-1-4-10(11)7-8-15-13/h1-9,14,16H/t14-/m0/s1. The van der Waals surface area contributed by atoms with Gasteiger partial charge in [-0.15, -0.1) is 11.3 Å². The molecule has 1 aromatic carbocycles. The van der Waals surface area contributed by atoms with Gasteiger partial charge in [0.1, 0.15) is 6.10 Å². The van der Waals surface area contributed by atoms with Crippen LogP contribution in [0.4, 0.5) is 0 Å². The summed E-state index contributed by atoms with van der Waals surface area (Å²) >= 11 is 1.54. The van der Waals surface area contributed by atoms with E-state index < -0.39 is 6.10 Å². The number of hydrogen-bond donors (Lipinski definition) is 1. The molecule has 0 aliphatic rings. The molecule has 0 aliphatic heterocycles. The minimum absolute atomic E-state index is 0.638. The van der Waals surface area contributed by atoms with Crippen LogP contribution in [0.2, 0.25) is 0 Å². The largest absolute Gasteiger partial charge is 0.381 e. The summed E-state index contributed by atoms with van der Waals surface area (Å²) in [5.41, 5.74) is 0.727. The third-order valence-corrected chi connectivity index (χ3v) is 3.70. The quantitative estimate of drug-likeness (QED) is 0.746. The lowest BCUT2D eigenvalue weighted by Gasteiger charge is -2.10. The van der Waals surface area contributed by atoms with Gasteiger partial charge in [-0.05, 0) is 22.9 Å². The van der Waals surface area contributed by atoms with E-state index in [4.69, 9.17) is 0 Å². The van der Waals surface area contributed by atoms with Crippen molar-refractivity contribution >= 4 is 22.1 Å². The lowest BCUT2D eigenvalue weighted by Crippen LogP contribution is -2.00. The number of pyridine rings is 1. The number of benzene rings is 1. The average Bonchev–Trinajstić information content (AvgIpc) is 2.91. The van der Waals surface area contributed by atoms with E-state index in [1.165, 1.54) is 0 Å². The summed E-state index contributed by atoms with van der Waals surface area (Å²) in [6.45, 7) is 0. The smallest absolute Gasteiger partial charge is 0.131 e. The number of aliphatic hydroxyl groups excluding tert-OH is 1. The van der Waals surface area contributed by atoms with Gasteiger partial charge in [0.15, 0.2) is 0 Å². The van der Waals surface area contributed by atoms with Gasteiger partial charge in [0, 0.05) is 16.5 Å². The number of nitrogens with zero attached hydrogens (tertiary/aromatic N) is 1. The molecule has 3 heteroatoms. The van der Waals surface area contributed by atoms with E-state index in [-0.39, 0.29) is 0 Å². The molecule has 2 nitrogen and oxygen atoms in total. The average molecular weight is 241 g/mol. The van der Waals surface area contributed by atoms with Crippen molar-refractivity contribution in [2.24, 2.45) is 0 Å². The van der Waals surface area contributed by atoms with Gasteiger partial charge in [-0.2, -0.15) is 0 Å². The number of rotatable bonds is 2. The van der Waals surface area contributed by atoms with Gasteiger partial charge in [0.05, 0.1) is 5.69 Å². The highest BCUT2D eigenvalue weighted by Gasteiger charge is 2.15. The molecule has 0 bridgehead atoms. The lowest BCUT2D eigenvalue weighted by molar-refractivity contribution is 0.221. The topological polar surface area (TPSA) is 33.1 Å². The number of aliphatic hydroxyl groups is 1. The van der Waals surface area contributed by atoms with Gasteiger partial charge >= 0.3 is 0 Å². The highest BCUT2D eigenvalue weighted by Crippen LogP contribution is 2.29. The van der Waals surface area contributed by atoms with Crippen molar-refractivity contribution < 1.29 is 5.11 Å². The zero-order valence-electron chi connectivity index (χ0n) is 9.08. The third kappa shape index (κ3) is 1.84. The van der Waals surface area contributed by atoms with Gasteiger partial charge in [-0.1, -0.05) is 30.3 Å². The second-order valence-electron chi connectivity index (χ2n) is 3.84. The molecule has 3 rings (SSSR count). The highest BCUT2D eigenvalue weighted by molar-refractivity contribution is 7.10. The van der Waals surface area contributed by atoms with Gasteiger partial charge in [-0.25, -0.2) is 0 Å². The number of thiophene rings is 1. The Balaban J connectivity index is 2.17. The van der Waals surface area contributed by atoms with Crippen molar-refractivity contribution in [2.75, 3.05) is 0 Å². The minimum Gasteiger partial charge on any atom is -0.381 e. The third-order valence-electron chi connectivity index (χ3n) is 2.78. The van der Waals surface area contributed by atoms with Crippen LogP contribution in [-0.4, -0.2) is 10.1 Å². The molecule has 1 N–H and O–H groups in total. The Hall–Kier alpha value is -1.71. The Bertz CT molecular complexity index is 628. The van der Waals surface area contributed by atoms with Crippen molar-refractivity contribution in [3.05, 3.63) is 64.6 Å². The lowest BCUT2D eigenvalue weighted by atomic mass is 10.1. The predicted molar refractivity (Wildman–Crippen MR) is 70.1 cm³/mol. The van der Waals surface area contributed by atoms with Crippen molar-refractivity contribution in [1.29, 1.82) is 0 Å². The molecule has 0 unspecified atom stereocenters. The molecule has 0 saturated heterocycles. The van der Waals surface area contributed by atoms with E-state index >= 15 is 0 Å². The molecule has 3 aromatic rings. The normalized spacial score (nSPS) is 12.8. The van der Waals surface area contributed by atoms with Crippen LogP contribution in [0.15, 0.2) is 54.0 Å². The first kappa shape index (κ1) is 10.4. The van der Waals surface area contributed by atoms with Crippen molar-refractivity contribution in [3.63, 3.8) is 0 Å². The fourth-order valence-electron chi connectivity index (χ4n) is 1.94. The van der Waals surface area contributed by atoms with Crippen LogP contribution >= 0.6 is 11.3 Å². The second-order valence-corrected chi connectivity index (χ2v) is 4.81. The Morgan fingerprint density at radius 3 is 2.76 bits per heavy atom. The molecule has 2 heterocycles. The molecule has 0 aliphatic carbocycles. The van der Waals surface area contributed by atoms with Gasteiger partial charge in [0.2, 0.25) is 0 Å². The van der Waals surface area contributed by atoms with Crippen LogP contribution in [0.3, 0.4) is 0 Å². The molecule has 84 valence electrons. The van der Waals surface area contributed by atoms with E-state index in [2.05, 4.69) is 4.98 Å². The first-order valence-electron chi connectivity index (χ1n) is 5.41. The summed E-state index contributed by atoms with van der Waals surface area (Å²) in [6.07, 6.45) is 1.11. The van der Waals surface area contributed by atoms with Gasteiger partial charge < -0.3 is 5.11 Å². The Morgan fingerprint density at radius 2 is 1.94 bits per heavy atom. The maximum Gasteiger partial charge on any atom is 0.131 e. The predicted octanol–water partition coefficient (Wildman–Crippen LogP) is 3.38. The molecule has 0 fully saturated rings. The summed E-state index contributed by atoms with van der Waals surface area (Å²) in [7, 11) is 0. The molecule has 0 amide bonds. The molecular weight excluding hydrogens is 230 g/mol. The SMILES string of the molecule is O[C@@H](c1cccs1)c1nccc2ccccc12. The molecule has 0 radical (unpaired) electrons. The zero-order valence-corrected chi connectivity index (χ0v) is 9.89. The van der Waals surface area contributed by atoms with Crippen LogP contribution in [0, 0.1) is 0 Å². The van der Waals surface area contributed by atoms with Gasteiger partial charge in [-0.3, -0.25) is 4.98 Å². The fourth-order valence-corrected chi connectivity index (χ4v) is 2.65. The van der Waals surface area contributed by atoms with Crippen LogP contribution in [0.25, 0.3) is 10.8 Å². The second kappa shape index (κ2) is 4.28. The van der Waals surface area contributed by atoms with E-state index in [9.17, 15) is 5.11 Å². The Labute approximate surface area is 103 Å². The van der Waals surface area contributed by atoms with Crippen LogP contribution in [-0.2, 0) is 0 Å². The van der Waals surface area contributed by atoms with E-state index in [0.717, 1.165) is 21.3 Å². The van der Waals surface area contributed by atoms with Crippen LogP contribution in [0.5, 0.6) is 0 Å². The van der Waals surface area contributed by atoms with Crippen molar-refractivity contribution in [3.8, 4) is 0 Å². The summed E-state index contributed by atoms with van der Waals surface area (Å²) in [5.74, 6) is 0. The number of fused-ring (bicyclic) bond motifs is 1. The van der Waals surface area contributed by atoms with Crippen LogP contribution < -0.4 is 0 Å². The first-order valence-corrected chi connectivity index (χ1v) is 6.29. The van der Waals surface area contributed by atoms with Gasteiger partial charge in [0.25, 0.3) is 0 Å². The van der Waals surface area contributed by atoms with E-state index in [1.54, 1.807) is 17.5 Å².